The fourth-order valence-electron chi connectivity index (χ4n) is 2.38. The molecule has 0 unspecified atom stereocenters. The Morgan fingerprint density at radius 2 is 2.12 bits per heavy atom. The molecule has 0 saturated carbocycles. The molecule has 0 radical (unpaired) electrons. The van der Waals surface area contributed by atoms with Gasteiger partial charge in [0.25, 0.3) is 5.56 Å². The number of nitrogens with two attached hydrogens (primary N) is 1. The number of amides is 1. The monoisotopic (exact) mass is 355 g/mol. The number of thiazole rings is 1. The van der Waals surface area contributed by atoms with Gasteiger partial charge in [-0.15, -0.1) is 11.3 Å². The number of hydrogen-bond donors (Lipinski definition) is 3. The van der Waals surface area contributed by atoms with E-state index in [2.05, 4.69) is 20.3 Å². The lowest BCUT2D eigenvalue weighted by atomic mass is 10.1. The van der Waals surface area contributed by atoms with Crippen molar-refractivity contribution in [2.75, 3.05) is 11.9 Å². The Bertz CT molecular complexity index is 949. The molecular formula is C17H17N5O2S. The summed E-state index contributed by atoms with van der Waals surface area (Å²) in [6, 6.07) is 5.37. The van der Waals surface area contributed by atoms with E-state index < -0.39 is 0 Å². The van der Waals surface area contributed by atoms with Crippen LogP contribution in [-0.4, -0.2) is 27.4 Å². The van der Waals surface area contributed by atoms with Gasteiger partial charge in [0, 0.05) is 29.0 Å². The third kappa shape index (κ3) is 3.65. The summed E-state index contributed by atoms with van der Waals surface area (Å²) in [5.74, 6) is -0.316. The molecule has 3 aromatic rings. The van der Waals surface area contributed by atoms with Gasteiger partial charge in [0.05, 0.1) is 23.5 Å². The molecule has 3 aromatic heterocycles. The van der Waals surface area contributed by atoms with Gasteiger partial charge in [-0.3, -0.25) is 14.6 Å². The van der Waals surface area contributed by atoms with E-state index in [9.17, 15) is 9.59 Å². The third-order valence-electron chi connectivity index (χ3n) is 3.64. The molecule has 4 N–H and O–H groups in total. The molecule has 8 heteroatoms. The second-order valence-electron chi connectivity index (χ2n) is 5.28. The van der Waals surface area contributed by atoms with Crippen molar-refractivity contribution in [3.8, 4) is 21.8 Å². The summed E-state index contributed by atoms with van der Waals surface area (Å²) in [4.78, 5) is 35.4. The van der Waals surface area contributed by atoms with Crippen LogP contribution in [0.4, 0.5) is 5.69 Å². The van der Waals surface area contributed by atoms with Crippen molar-refractivity contribution in [1.82, 2.24) is 15.0 Å². The molecule has 0 spiro atoms. The zero-order chi connectivity index (χ0) is 17.8. The van der Waals surface area contributed by atoms with Gasteiger partial charge in [-0.25, -0.2) is 4.98 Å². The number of carbonyl (C=O) groups excluding carboxylic acids is 1. The maximum Gasteiger partial charge on any atom is 0.257 e. The van der Waals surface area contributed by atoms with E-state index in [0.717, 1.165) is 10.6 Å². The van der Waals surface area contributed by atoms with Crippen LogP contribution in [0.25, 0.3) is 21.8 Å². The van der Waals surface area contributed by atoms with Gasteiger partial charge >= 0.3 is 0 Å². The maximum atomic E-state index is 12.4. The van der Waals surface area contributed by atoms with Crippen molar-refractivity contribution in [3.63, 3.8) is 0 Å². The molecule has 128 valence electrons. The molecule has 0 saturated heterocycles. The Labute approximate surface area is 148 Å². The summed E-state index contributed by atoms with van der Waals surface area (Å²) in [5.41, 5.74) is 8.21. The smallest absolute Gasteiger partial charge is 0.257 e. The highest BCUT2D eigenvalue weighted by atomic mass is 32.1. The van der Waals surface area contributed by atoms with E-state index >= 15 is 0 Å². The van der Waals surface area contributed by atoms with Gasteiger partial charge in [0.2, 0.25) is 5.91 Å². The van der Waals surface area contributed by atoms with Crippen LogP contribution in [0.5, 0.6) is 0 Å². The van der Waals surface area contributed by atoms with Gasteiger partial charge in [-0.05, 0) is 24.6 Å². The average molecular weight is 355 g/mol. The van der Waals surface area contributed by atoms with Crippen LogP contribution in [0, 0.1) is 0 Å². The lowest BCUT2D eigenvalue weighted by Gasteiger charge is -2.10. The van der Waals surface area contributed by atoms with Crippen LogP contribution in [0.3, 0.4) is 0 Å². The van der Waals surface area contributed by atoms with Gasteiger partial charge in [0.15, 0.2) is 0 Å². The number of nitrogens with one attached hydrogen (secondary N) is 2. The summed E-state index contributed by atoms with van der Waals surface area (Å²) < 4.78 is 0. The standard InChI is InChI=1S/C17H17N5O2S/c1-2-12-13(20-15(23)8-18)7-11(16(24)21-12)14-9-25-17(22-14)10-3-5-19-6-4-10/h3-7,9H,2,8,18H2,1H3,(H,20,23)(H,21,24). The van der Waals surface area contributed by atoms with Crippen LogP contribution in [0.15, 0.2) is 40.8 Å². The number of aromatic nitrogens is 3. The van der Waals surface area contributed by atoms with Crippen molar-refractivity contribution < 1.29 is 4.79 Å². The molecule has 0 aromatic carbocycles. The first-order valence-corrected chi connectivity index (χ1v) is 8.62. The van der Waals surface area contributed by atoms with E-state index in [1.165, 1.54) is 11.3 Å². The molecular weight excluding hydrogens is 338 g/mol. The number of H-pyrrole nitrogens is 1. The van der Waals surface area contributed by atoms with E-state index in [1.54, 1.807) is 18.5 Å². The second kappa shape index (κ2) is 7.37. The number of pyridine rings is 2. The van der Waals surface area contributed by atoms with E-state index in [0.29, 0.717) is 29.1 Å². The first-order chi connectivity index (χ1) is 12.1. The molecule has 0 bridgehead atoms. The SMILES string of the molecule is CCc1[nH]c(=O)c(-c2csc(-c3ccncc3)n2)cc1NC(=O)CN. The van der Waals surface area contributed by atoms with Gasteiger partial charge in [-0.1, -0.05) is 6.92 Å². The fraction of sp³-hybridized carbons (Fsp3) is 0.176. The molecule has 25 heavy (non-hydrogen) atoms. The lowest BCUT2D eigenvalue weighted by Crippen LogP contribution is -2.24. The largest absolute Gasteiger partial charge is 0.324 e. The van der Waals surface area contributed by atoms with E-state index in [-0.39, 0.29) is 18.0 Å². The predicted octanol–water partition coefficient (Wildman–Crippen LogP) is 2.02. The van der Waals surface area contributed by atoms with Crippen molar-refractivity contribution in [3.05, 3.63) is 52.0 Å². The number of hydrogen-bond acceptors (Lipinski definition) is 6. The topological polar surface area (TPSA) is 114 Å². The number of carbonyl (C=O) groups is 1. The summed E-state index contributed by atoms with van der Waals surface area (Å²) in [5, 5.41) is 5.34. The summed E-state index contributed by atoms with van der Waals surface area (Å²) in [7, 11) is 0. The molecule has 0 aliphatic rings. The maximum absolute atomic E-state index is 12.4. The van der Waals surface area contributed by atoms with Crippen LogP contribution < -0.4 is 16.6 Å². The summed E-state index contributed by atoms with van der Waals surface area (Å²) in [6.07, 6.45) is 3.97. The van der Waals surface area contributed by atoms with Gasteiger partial charge in [0.1, 0.15) is 5.01 Å². The highest BCUT2D eigenvalue weighted by Crippen LogP contribution is 2.28. The van der Waals surface area contributed by atoms with Crippen molar-refractivity contribution >= 4 is 22.9 Å². The molecule has 1 amide bonds. The Balaban J connectivity index is 2.02. The third-order valence-corrected chi connectivity index (χ3v) is 4.53. The fourth-order valence-corrected chi connectivity index (χ4v) is 3.20. The Kier molecular flexibility index (Phi) is 5.01. The molecule has 3 rings (SSSR count). The van der Waals surface area contributed by atoms with Gasteiger partial charge < -0.3 is 16.0 Å². The Morgan fingerprint density at radius 3 is 2.80 bits per heavy atom. The van der Waals surface area contributed by atoms with Crippen LogP contribution in [-0.2, 0) is 11.2 Å². The first kappa shape index (κ1) is 17.0. The molecule has 0 atom stereocenters. The van der Waals surface area contributed by atoms with Crippen molar-refractivity contribution in [1.29, 1.82) is 0 Å². The molecule has 3 heterocycles. The second-order valence-corrected chi connectivity index (χ2v) is 6.14. The number of anilines is 1. The summed E-state index contributed by atoms with van der Waals surface area (Å²) in [6.45, 7) is 1.77. The van der Waals surface area contributed by atoms with Crippen molar-refractivity contribution in [2.45, 2.75) is 13.3 Å². The average Bonchev–Trinajstić information content (AvgIpc) is 3.13. The quantitative estimate of drug-likeness (QED) is 0.648. The minimum absolute atomic E-state index is 0.124. The van der Waals surface area contributed by atoms with Crippen molar-refractivity contribution in [2.24, 2.45) is 5.73 Å². The predicted molar refractivity (Wildman–Crippen MR) is 98.5 cm³/mol. The number of aromatic amines is 1. The molecule has 0 aliphatic heterocycles. The number of nitrogens with zero attached hydrogens (tertiary/aromatic N) is 2. The zero-order valence-corrected chi connectivity index (χ0v) is 14.4. The Hall–Kier alpha value is -2.84. The van der Waals surface area contributed by atoms with E-state index in [4.69, 9.17) is 5.73 Å². The Morgan fingerprint density at radius 1 is 1.36 bits per heavy atom. The van der Waals surface area contributed by atoms with E-state index in [1.807, 2.05) is 24.4 Å². The molecule has 0 fully saturated rings. The lowest BCUT2D eigenvalue weighted by molar-refractivity contribution is -0.114. The highest BCUT2D eigenvalue weighted by Gasteiger charge is 2.14. The van der Waals surface area contributed by atoms with Gasteiger partial charge in [-0.2, -0.15) is 0 Å². The normalized spacial score (nSPS) is 10.6. The zero-order valence-electron chi connectivity index (χ0n) is 13.6. The molecule has 0 aliphatic carbocycles. The number of rotatable bonds is 5. The first-order valence-electron chi connectivity index (χ1n) is 7.74. The molecule has 7 nitrogen and oxygen atoms in total. The van der Waals surface area contributed by atoms with Crippen LogP contribution in [0.1, 0.15) is 12.6 Å². The van der Waals surface area contributed by atoms with Crippen LogP contribution >= 0.6 is 11.3 Å². The van der Waals surface area contributed by atoms with Crippen LogP contribution in [0.2, 0.25) is 0 Å². The minimum Gasteiger partial charge on any atom is -0.324 e. The minimum atomic E-state index is -0.316. The number of aryl methyl sites for hydroxylation is 1. The summed E-state index contributed by atoms with van der Waals surface area (Å²) >= 11 is 1.44. The highest BCUT2D eigenvalue weighted by molar-refractivity contribution is 7.13.